The summed E-state index contributed by atoms with van der Waals surface area (Å²) in [6.07, 6.45) is 6.47. The summed E-state index contributed by atoms with van der Waals surface area (Å²) in [4.78, 5) is 30.5. The van der Waals surface area contributed by atoms with Gasteiger partial charge in [0.25, 0.3) is 5.56 Å². The van der Waals surface area contributed by atoms with Crippen LogP contribution in [0.2, 0.25) is 0 Å². The van der Waals surface area contributed by atoms with E-state index in [1.54, 1.807) is 10.6 Å². The van der Waals surface area contributed by atoms with Gasteiger partial charge in [0.15, 0.2) is 5.16 Å². The Kier molecular flexibility index (Phi) is 6.01. The number of thioether (sulfide) groups is 1. The first-order valence-corrected chi connectivity index (χ1v) is 11.1. The van der Waals surface area contributed by atoms with Crippen molar-refractivity contribution >= 4 is 28.6 Å². The molecule has 28 heavy (non-hydrogen) atoms. The van der Waals surface area contributed by atoms with E-state index in [1.807, 2.05) is 25.1 Å². The van der Waals surface area contributed by atoms with Crippen LogP contribution in [0.15, 0.2) is 34.2 Å². The molecule has 2 atom stereocenters. The third kappa shape index (κ3) is 4.25. The van der Waals surface area contributed by atoms with Crippen LogP contribution in [0, 0.1) is 0 Å². The number of hydrogen-bond donors (Lipinski definition) is 1. The minimum absolute atomic E-state index is 0.0166. The highest BCUT2D eigenvalue weighted by Crippen LogP contribution is 2.25. The second-order valence-electron chi connectivity index (χ2n) is 7.71. The average Bonchev–Trinajstić information content (AvgIpc) is 3.39. The number of benzene rings is 1. The van der Waals surface area contributed by atoms with Crippen molar-refractivity contribution in [2.45, 2.75) is 74.5 Å². The zero-order chi connectivity index (χ0) is 19.5. The fraction of sp³-hybridized carbons (Fsp3) is 0.571. The van der Waals surface area contributed by atoms with Crippen molar-refractivity contribution < 1.29 is 9.53 Å². The van der Waals surface area contributed by atoms with Crippen LogP contribution >= 0.6 is 11.8 Å². The maximum Gasteiger partial charge on any atom is 0.262 e. The van der Waals surface area contributed by atoms with Crippen LogP contribution in [0.5, 0.6) is 0 Å². The number of para-hydroxylation sites is 1. The van der Waals surface area contributed by atoms with E-state index in [0.717, 1.165) is 32.3 Å². The molecular formula is C21H27N3O3S. The molecule has 2 fully saturated rings. The molecule has 1 amide bonds. The highest BCUT2D eigenvalue weighted by Gasteiger charge is 2.25. The highest BCUT2D eigenvalue weighted by atomic mass is 32.2. The number of carbonyl (C=O) groups excluding carboxylic acids is 1. The van der Waals surface area contributed by atoms with Crippen LogP contribution in [0.1, 0.15) is 45.4 Å². The van der Waals surface area contributed by atoms with Crippen molar-refractivity contribution in [1.29, 1.82) is 0 Å². The number of carbonyl (C=O) groups is 1. The second kappa shape index (κ2) is 8.66. The highest BCUT2D eigenvalue weighted by molar-refractivity contribution is 8.00. The minimum atomic E-state index is -0.315. The van der Waals surface area contributed by atoms with Crippen LogP contribution in [-0.4, -0.2) is 39.5 Å². The zero-order valence-corrected chi connectivity index (χ0v) is 17.0. The topological polar surface area (TPSA) is 73.2 Å². The van der Waals surface area contributed by atoms with Crippen molar-refractivity contribution in [3.05, 3.63) is 34.6 Å². The predicted molar refractivity (Wildman–Crippen MR) is 111 cm³/mol. The van der Waals surface area contributed by atoms with Gasteiger partial charge in [0, 0.05) is 12.6 Å². The largest absolute Gasteiger partial charge is 0.376 e. The smallest absolute Gasteiger partial charge is 0.262 e. The molecule has 150 valence electrons. The minimum Gasteiger partial charge on any atom is -0.376 e. The lowest BCUT2D eigenvalue weighted by atomic mass is 10.2. The van der Waals surface area contributed by atoms with Crippen LogP contribution in [0.3, 0.4) is 0 Å². The van der Waals surface area contributed by atoms with Crippen LogP contribution in [0.4, 0.5) is 0 Å². The van der Waals surface area contributed by atoms with Gasteiger partial charge < -0.3 is 10.1 Å². The number of ether oxygens (including phenoxy) is 1. The van der Waals surface area contributed by atoms with Crippen molar-refractivity contribution in [3.8, 4) is 0 Å². The lowest BCUT2D eigenvalue weighted by molar-refractivity contribution is -0.120. The maximum atomic E-state index is 13.1. The summed E-state index contributed by atoms with van der Waals surface area (Å²) in [7, 11) is 0. The molecule has 2 aromatic rings. The molecule has 1 aliphatic carbocycles. The molecule has 1 aliphatic heterocycles. The molecule has 6 nitrogen and oxygen atoms in total. The Morgan fingerprint density at radius 1 is 1.29 bits per heavy atom. The summed E-state index contributed by atoms with van der Waals surface area (Å²) in [6.45, 7) is 3.10. The third-order valence-corrected chi connectivity index (χ3v) is 6.68. The molecule has 0 spiro atoms. The van der Waals surface area contributed by atoms with E-state index in [9.17, 15) is 9.59 Å². The fourth-order valence-electron chi connectivity index (χ4n) is 3.99. The van der Waals surface area contributed by atoms with Gasteiger partial charge in [-0.15, -0.1) is 0 Å². The summed E-state index contributed by atoms with van der Waals surface area (Å²) in [6, 6.07) is 7.67. The van der Waals surface area contributed by atoms with E-state index < -0.39 is 0 Å². The van der Waals surface area contributed by atoms with Gasteiger partial charge in [-0.25, -0.2) is 4.98 Å². The lowest BCUT2D eigenvalue weighted by Crippen LogP contribution is -2.38. The first kappa shape index (κ1) is 19.5. The van der Waals surface area contributed by atoms with Crippen LogP contribution in [0.25, 0.3) is 10.9 Å². The first-order chi connectivity index (χ1) is 13.6. The molecule has 1 saturated carbocycles. The molecule has 1 saturated heterocycles. The molecule has 4 rings (SSSR count). The van der Waals surface area contributed by atoms with E-state index in [2.05, 4.69) is 5.32 Å². The second-order valence-corrected chi connectivity index (χ2v) is 9.02. The van der Waals surface area contributed by atoms with Gasteiger partial charge in [0.2, 0.25) is 5.91 Å². The quantitative estimate of drug-likeness (QED) is 0.595. The van der Waals surface area contributed by atoms with Gasteiger partial charge in [-0.05, 0) is 44.7 Å². The SMILES string of the molecule is C[C@H](Sc1nc2ccccc2c(=O)n1C[C@@H]1CCCO1)C(=O)NC1CCCC1. The van der Waals surface area contributed by atoms with Gasteiger partial charge in [-0.1, -0.05) is 36.7 Å². The van der Waals surface area contributed by atoms with Crippen molar-refractivity contribution in [2.24, 2.45) is 0 Å². The molecule has 0 radical (unpaired) electrons. The number of aromatic nitrogens is 2. The van der Waals surface area contributed by atoms with Gasteiger partial charge in [-0.3, -0.25) is 14.2 Å². The first-order valence-electron chi connectivity index (χ1n) is 10.2. The van der Waals surface area contributed by atoms with E-state index >= 15 is 0 Å². The number of hydrogen-bond acceptors (Lipinski definition) is 5. The molecule has 0 unspecified atom stereocenters. The maximum absolute atomic E-state index is 13.1. The van der Waals surface area contributed by atoms with Crippen molar-refractivity contribution in [3.63, 3.8) is 0 Å². The summed E-state index contributed by atoms with van der Waals surface area (Å²) in [5.74, 6) is 0.0166. The summed E-state index contributed by atoms with van der Waals surface area (Å²) >= 11 is 1.36. The number of nitrogens with one attached hydrogen (secondary N) is 1. The fourth-order valence-corrected chi connectivity index (χ4v) is 4.92. The van der Waals surface area contributed by atoms with E-state index in [4.69, 9.17) is 9.72 Å². The molecule has 1 aromatic heterocycles. The molecule has 2 heterocycles. The summed E-state index contributed by atoms with van der Waals surface area (Å²) in [5, 5.41) is 4.02. The van der Waals surface area contributed by atoms with E-state index in [0.29, 0.717) is 22.6 Å². The lowest BCUT2D eigenvalue weighted by Gasteiger charge is -2.19. The Morgan fingerprint density at radius 3 is 2.82 bits per heavy atom. The Balaban J connectivity index is 1.60. The van der Waals surface area contributed by atoms with E-state index in [-0.39, 0.29) is 28.9 Å². The number of nitrogens with zero attached hydrogens (tertiary/aromatic N) is 2. The Labute approximate surface area is 169 Å². The Hall–Kier alpha value is -1.86. The van der Waals surface area contributed by atoms with E-state index in [1.165, 1.54) is 24.6 Å². The molecule has 2 aliphatic rings. The molecule has 7 heteroatoms. The molecule has 1 N–H and O–H groups in total. The normalized spacial score (nSPS) is 21.2. The predicted octanol–water partition coefficient (Wildman–Crippen LogP) is 3.11. The summed E-state index contributed by atoms with van der Waals surface area (Å²) in [5.41, 5.74) is 0.606. The monoisotopic (exact) mass is 401 g/mol. The van der Waals surface area contributed by atoms with Crippen LogP contribution in [-0.2, 0) is 16.1 Å². The molecular weight excluding hydrogens is 374 g/mol. The van der Waals surface area contributed by atoms with Gasteiger partial charge in [0.05, 0.1) is 28.8 Å². The average molecular weight is 402 g/mol. The van der Waals surface area contributed by atoms with Crippen molar-refractivity contribution in [1.82, 2.24) is 14.9 Å². The van der Waals surface area contributed by atoms with Crippen molar-refractivity contribution in [2.75, 3.05) is 6.61 Å². The number of fused-ring (bicyclic) bond motifs is 1. The van der Waals surface area contributed by atoms with Gasteiger partial charge in [-0.2, -0.15) is 0 Å². The standard InChI is InChI=1S/C21H27N3O3S/c1-14(19(25)22-15-7-2-3-8-15)28-21-23-18-11-5-4-10-17(18)20(26)24(21)13-16-9-6-12-27-16/h4-5,10-11,14-16H,2-3,6-9,12-13H2,1H3,(H,22,25)/t14-,16-/m0/s1. The Bertz CT molecular complexity index is 901. The third-order valence-electron chi connectivity index (χ3n) is 5.59. The number of rotatable bonds is 6. The Morgan fingerprint density at radius 2 is 2.07 bits per heavy atom. The zero-order valence-electron chi connectivity index (χ0n) is 16.2. The number of amides is 1. The van der Waals surface area contributed by atoms with Gasteiger partial charge in [0.1, 0.15) is 0 Å². The molecule has 0 bridgehead atoms. The van der Waals surface area contributed by atoms with Crippen LogP contribution < -0.4 is 10.9 Å². The summed E-state index contributed by atoms with van der Waals surface area (Å²) < 4.78 is 7.44. The molecule has 1 aromatic carbocycles. The van der Waals surface area contributed by atoms with Gasteiger partial charge >= 0.3 is 0 Å².